The number of hydrogen-bond donors (Lipinski definition) is 1. The van der Waals surface area contributed by atoms with Gasteiger partial charge in [0.05, 0.1) is 6.54 Å². The van der Waals surface area contributed by atoms with Gasteiger partial charge >= 0.3 is 5.97 Å². The van der Waals surface area contributed by atoms with Crippen molar-refractivity contribution in [3.63, 3.8) is 0 Å². The Labute approximate surface area is 89.7 Å². The van der Waals surface area contributed by atoms with Crippen molar-refractivity contribution >= 4 is 18.4 Å². The van der Waals surface area contributed by atoms with E-state index in [0.717, 1.165) is 5.56 Å². The molecule has 3 nitrogen and oxygen atoms in total. The summed E-state index contributed by atoms with van der Waals surface area (Å²) in [4.78, 5) is 10.8. The minimum absolute atomic E-state index is 0. The highest BCUT2D eigenvalue weighted by atomic mass is 35.5. The van der Waals surface area contributed by atoms with E-state index in [0.29, 0.717) is 0 Å². The summed E-state index contributed by atoms with van der Waals surface area (Å²) in [5, 5.41) is 0. The molecule has 4 heteroatoms. The molecule has 14 heavy (non-hydrogen) atoms. The SMILES string of the molecule is CC(OC(=O)CN)c1ccccc1.Cl. The van der Waals surface area contributed by atoms with E-state index in [1.165, 1.54) is 0 Å². The number of benzene rings is 1. The summed E-state index contributed by atoms with van der Waals surface area (Å²) in [6, 6.07) is 9.55. The van der Waals surface area contributed by atoms with Gasteiger partial charge in [0.2, 0.25) is 0 Å². The van der Waals surface area contributed by atoms with Crippen LogP contribution in [0.1, 0.15) is 18.6 Å². The van der Waals surface area contributed by atoms with Gasteiger partial charge in [-0.15, -0.1) is 12.4 Å². The molecule has 1 aromatic carbocycles. The molecule has 78 valence electrons. The predicted octanol–water partition coefficient (Wildman–Crippen LogP) is 1.67. The van der Waals surface area contributed by atoms with Crippen molar-refractivity contribution in [1.82, 2.24) is 0 Å². The summed E-state index contributed by atoms with van der Waals surface area (Å²) in [5.74, 6) is -0.378. The Balaban J connectivity index is 0.00000169. The van der Waals surface area contributed by atoms with Crippen LogP contribution < -0.4 is 5.73 Å². The van der Waals surface area contributed by atoms with Gasteiger partial charge in [0.1, 0.15) is 6.10 Å². The minimum Gasteiger partial charge on any atom is -0.457 e. The van der Waals surface area contributed by atoms with Gasteiger partial charge in [0.15, 0.2) is 0 Å². The van der Waals surface area contributed by atoms with Crippen molar-refractivity contribution in [2.75, 3.05) is 6.54 Å². The highest BCUT2D eigenvalue weighted by molar-refractivity contribution is 5.85. The molecule has 1 rings (SSSR count). The van der Waals surface area contributed by atoms with Crippen LogP contribution in [0.15, 0.2) is 30.3 Å². The lowest BCUT2D eigenvalue weighted by molar-refractivity contribution is -0.146. The van der Waals surface area contributed by atoms with E-state index in [-0.39, 0.29) is 31.0 Å². The Bertz CT molecular complexity index is 277. The largest absolute Gasteiger partial charge is 0.457 e. The zero-order valence-electron chi connectivity index (χ0n) is 7.97. The maximum atomic E-state index is 10.8. The Morgan fingerprint density at radius 2 is 2.00 bits per heavy atom. The standard InChI is InChI=1S/C10H13NO2.ClH/c1-8(13-10(12)7-11)9-5-3-2-4-6-9;/h2-6,8H,7,11H2,1H3;1H. The van der Waals surface area contributed by atoms with E-state index in [1.807, 2.05) is 37.3 Å². The van der Waals surface area contributed by atoms with Crippen LogP contribution in [-0.4, -0.2) is 12.5 Å². The molecule has 2 N–H and O–H groups in total. The second kappa shape index (κ2) is 6.40. The molecule has 0 aliphatic rings. The first kappa shape index (κ1) is 12.9. The number of nitrogens with two attached hydrogens (primary N) is 1. The molecule has 1 aromatic rings. The highest BCUT2D eigenvalue weighted by Gasteiger charge is 2.08. The number of carbonyl (C=O) groups is 1. The zero-order chi connectivity index (χ0) is 9.68. The van der Waals surface area contributed by atoms with Crippen molar-refractivity contribution in [2.45, 2.75) is 13.0 Å². The Morgan fingerprint density at radius 1 is 1.43 bits per heavy atom. The van der Waals surface area contributed by atoms with Crippen LogP contribution in [0.2, 0.25) is 0 Å². The second-order valence-corrected chi connectivity index (χ2v) is 2.75. The lowest BCUT2D eigenvalue weighted by Crippen LogP contribution is -2.18. The summed E-state index contributed by atoms with van der Waals surface area (Å²) in [5.41, 5.74) is 6.10. The fourth-order valence-electron chi connectivity index (χ4n) is 1.04. The number of ether oxygens (including phenoxy) is 1. The Hall–Kier alpha value is -1.06. The maximum Gasteiger partial charge on any atom is 0.320 e. The molecule has 0 aliphatic carbocycles. The third-order valence-electron chi connectivity index (χ3n) is 1.74. The second-order valence-electron chi connectivity index (χ2n) is 2.75. The van der Waals surface area contributed by atoms with Gasteiger partial charge in [-0.3, -0.25) is 4.79 Å². The third kappa shape index (κ3) is 3.77. The Morgan fingerprint density at radius 3 is 2.50 bits per heavy atom. The molecule has 0 saturated carbocycles. The van der Waals surface area contributed by atoms with Crippen molar-refractivity contribution in [2.24, 2.45) is 5.73 Å². The molecule has 0 heterocycles. The van der Waals surface area contributed by atoms with Gasteiger partial charge < -0.3 is 10.5 Å². The number of rotatable bonds is 3. The van der Waals surface area contributed by atoms with Gasteiger partial charge in [-0.1, -0.05) is 30.3 Å². The van der Waals surface area contributed by atoms with Crippen LogP contribution in [-0.2, 0) is 9.53 Å². The topological polar surface area (TPSA) is 52.3 Å². The summed E-state index contributed by atoms with van der Waals surface area (Å²) in [6.07, 6.45) is -0.225. The van der Waals surface area contributed by atoms with E-state index in [4.69, 9.17) is 10.5 Å². The average molecular weight is 216 g/mol. The van der Waals surface area contributed by atoms with Crippen LogP contribution in [0.4, 0.5) is 0 Å². The molecule has 0 fully saturated rings. The molecule has 0 aliphatic heterocycles. The quantitative estimate of drug-likeness (QED) is 0.781. The normalized spacial score (nSPS) is 11.3. The van der Waals surface area contributed by atoms with Crippen LogP contribution in [0.5, 0.6) is 0 Å². The van der Waals surface area contributed by atoms with E-state index in [1.54, 1.807) is 0 Å². The molecule has 0 amide bonds. The van der Waals surface area contributed by atoms with E-state index in [9.17, 15) is 4.79 Å². The first-order valence-electron chi connectivity index (χ1n) is 4.18. The van der Waals surface area contributed by atoms with Crippen LogP contribution in [0, 0.1) is 0 Å². The molecule has 0 saturated heterocycles. The number of carbonyl (C=O) groups excluding carboxylic acids is 1. The third-order valence-corrected chi connectivity index (χ3v) is 1.74. The monoisotopic (exact) mass is 215 g/mol. The zero-order valence-corrected chi connectivity index (χ0v) is 8.79. The fraction of sp³-hybridized carbons (Fsp3) is 0.300. The number of halogens is 1. The average Bonchev–Trinajstić information content (AvgIpc) is 2.19. The molecule has 1 atom stereocenters. The van der Waals surface area contributed by atoms with Gasteiger partial charge in [0, 0.05) is 0 Å². The smallest absolute Gasteiger partial charge is 0.320 e. The molecular weight excluding hydrogens is 202 g/mol. The molecule has 0 spiro atoms. The predicted molar refractivity (Wildman–Crippen MR) is 57.3 cm³/mol. The fourth-order valence-corrected chi connectivity index (χ4v) is 1.04. The van der Waals surface area contributed by atoms with Gasteiger partial charge in [-0.05, 0) is 12.5 Å². The molecule has 0 bridgehead atoms. The van der Waals surface area contributed by atoms with E-state index in [2.05, 4.69) is 0 Å². The summed E-state index contributed by atoms with van der Waals surface area (Å²) in [6.45, 7) is 1.75. The summed E-state index contributed by atoms with van der Waals surface area (Å²) >= 11 is 0. The molecule has 1 unspecified atom stereocenters. The van der Waals surface area contributed by atoms with Crippen molar-refractivity contribution in [1.29, 1.82) is 0 Å². The van der Waals surface area contributed by atoms with Crippen molar-refractivity contribution < 1.29 is 9.53 Å². The molecule has 0 radical (unpaired) electrons. The van der Waals surface area contributed by atoms with Gasteiger partial charge in [0.25, 0.3) is 0 Å². The van der Waals surface area contributed by atoms with E-state index >= 15 is 0 Å². The van der Waals surface area contributed by atoms with Crippen LogP contribution in [0.3, 0.4) is 0 Å². The first-order chi connectivity index (χ1) is 6.24. The van der Waals surface area contributed by atoms with Crippen LogP contribution in [0.25, 0.3) is 0 Å². The Kier molecular flexibility index (Phi) is 5.92. The lowest BCUT2D eigenvalue weighted by atomic mass is 10.1. The number of hydrogen-bond acceptors (Lipinski definition) is 3. The van der Waals surface area contributed by atoms with Crippen molar-refractivity contribution in [3.8, 4) is 0 Å². The van der Waals surface area contributed by atoms with Crippen LogP contribution >= 0.6 is 12.4 Å². The van der Waals surface area contributed by atoms with Crippen molar-refractivity contribution in [3.05, 3.63) is 35.9 Å². The maximum absolute atomic E-state index is 10.8. The lowest BCUT2D eigenvalue weighted by Gasteiger charge is -2.12. The van der Waals surface area contributed by atoms with E-state index < -0.39 is 0 Å². The molecule has 0 aromatic heterocycles. The summed E-state index contributed by atoms with van der Waals surface area (Å²) < 4.78 is 5.02. The first-order valence-corrected chi connectivity index (χ1v) is 4.18. The minimum atomic E-state index is -0.378. The van der Waals surface area contributed by atoms with Gasteiger partial charge in [-0.25, -0.2) is 0 Å². The summed E-state index contributed by atoms with van der Waals surface area (Å²) in [7, 11) is 0. The van der Waals surface area contributed by atoms with Gasteiger partial charge in [-0.2, -0.15) is 0 Å². The number of esters is 1. The molecular formula is C10H14ClNO2. The highest BCUT2D eigenvalue weighted by Crippen LogP contribution is 2.15.